The van der Waals surface area contributed by atoms with Gasteiger partial charge in [0.2, 0.25) is 0 Å². The largest absolute Gasteiger partial charge is 0.371 e. The Morgan fingerprint density at radius 1 is 1.15 bits per heavy atom. The molecule has 0 aliphatic carbocycles. The molecular weight excluding hydrogens is 189 g/mol. The van der Waals surface area contributed by atoms with Gasteiger partial charge in [0, 0.05) is 23.8 Å². The number of hydrogen-bond donors (Lipinski definition) is 0. The zero-order valence-electron chi connectivity index (χ0n) is 7.26. The first-order chi connectivity index (χ1) is 6.25. The van der Waals surface area contributed by atoms with E-state index in [-0.39, 0.29) is 5.82 Å². The third-order valence-corrected chi connectivity index (χ3v) is 2.54. The molecule has 13 heavy (non-hydrogen) atoms. The van der Waals surface area contributed by atoms with Gasteiger partial charge in [-0.3, -0.25) is 0 Å². The van der Waals surface area contributed by atoms with E-state index in [4.69, 9.17) is 11.6 Å². The van der Waals surface area contributed by atoms with Crippen molar-refractivity contribution in [2.45, 2.75) is 12.8 Å². The van der Waals surface area contributed by atoms with Gasteiger partial charge in [-0.1, -0.05) is 11.6 Å². The molecule has 70 valence electrons. The number of anilines is 1. The molecule has 3 heteroatoms. The Labute approximate surface area is 82.1 Å². The Bertz CT molecular complexity index is 288. The Morgan fingerprint density at radius 3 is 2.46 bits per heavy atom. The predicted molar refractivity (Wildman–Crippen MR) is 52.9 cm³/mol. The molecule has 1 saturated heterocycles. The van der Waals surface area contributed by atoms with Gasteiger partial charge in [-0.25, -0.2) is 4.39 Å². The van der Waals surface area contributed by atoms with Crippen molar-refractivity contribution in [1.29, 1.82) is 0 Å². The van der Waals surface area contributed by atoms with Crippen molar-refractivity contribution in [3.63, 3.8) is 0 Å². The second kappa shape index (κ2) is 3.54. The molecule has 0 unspecified atom stereocenters. The van der Waals surface area contributed by atoms with Crippen LogP contribution in [0.25, 0.3) is 0 Å². The third-order valence-electron chi connectivity index (χ3n) is 2.32. The van der Waals surface area contributed by atoms with E-state index in [1.807, 2.05) is 6.07 Å². The standard InChI is InChI=1S/C10H11ClFN/c11-8-5-9(12)7-10(6-8)13-3-1-2-4-13/h5-7H,1-4H2. The summed E-state index contributed by atoms with van der Waals surface area (Å²) in [5, 5.41) is 0.474. The minimum absolute atomic E-state index is 0.255. The van der Waals surface area contributed by atoms with Crippen LogP contribution in [0.15, 0.2) is 18.2 Å². The molecule has 0 saturated carbocycles. The van der Waals surface area contributed by atoms with Crippen molar-refractivity contribution in [3.05, 3.63) is 29.0 Å². The van der Waals surface area contributed by atoms with Crippen LogP contribution in [0, 0.1) is 5.82 Å². The van der Waals surface area contributed by atoms with Gasteiger partial charge in [0.1, 0.15) is 5.82 Å². The second-order valence-electron chi connectivity index (χ2n) is 3.32. The van der Waals surface area contributed by atoms with Gasteiger partial charge >= 0.3 is 0 Å². The molecule has 0 bridgehead atoms. The van der Waals surface area contributed by atoms with Crippen LogP contribution in [0.5, 0.6) is 0 Å². The van der Waals surface area contributed by atoms with Gasteiger partial charge in [0.05, 0.1) is 0 Å². The summed E-state index contributed by atoms with van der Waals surface area (Å²) in [5.74, 6) is -0.255. The fourth-order valence-corrected chi connectivity index (χ4v) is 1.91. The Balaban J connectivity index is 2.28. The summed E-state index contributed by atoms with van der Waals surface area (Å²) in [6, 6.07) is 4.69. The highest BCUT2D eigenvalue weighted by Gasteiger charge is 2.13. The summed E-state index contributed by atoms with van der Waals surface area (Å²) in [6.45, 7) is 2.03. The number of nitrogens with zero attached hydrogens (tertiary/aromatic N) is 1. The molecule has 1 aromatic carbocycles. The van der Waals surface area contributed by atoms with Crippen LogP contribution in [-0.4, -0.2) is 13.1 Å². The van der Waals surface area contributed by atoms with Crippen molar-refractivity contribution in [2.75, 3.05) is 18.0 Å². The Hall–Kier alpha value is -0.760. The highest BCUT2D eigenvalue weighted by atomic mass is 35.5. The predicted octanol–water partition coefficient (Wildman–Crippen LogP) is 3.08. The molecule has 0 radical (unpaired) electrons. The minimum Gasteiger partial charge on any atom is -0.371 e. The SMILES string of the molecule is Fc1cc(Cl)cc(N2CCCC2)c1. The van der Waals surface area contributed by atoms with Gasteiger partial charge in [-0.2, -0.15) is 0 Å². The first kappa shape index (κ1) is 8.82. The lowest BCUT2D eigenvalue weighted by Gasteiger charge is -2.17. The fraction of sp³-hybridized carbons (Fsp3) is 0.400. The molecule has 1 nitrogen and oxygen atoms in total. The van der Waals surface area contributed by atoms with Crippen molar-refractivity contribution < 1.29 is 4.39 Å². The zero-order chi connectivity index (χ0) is 9.26. The summed E-state index contributed by atoms with van der Waals surface area (Å²) in [4.78, 5) is 2.16. The molecule has 1 heterocycles. The summed E-state index contributed by atoms with van der Waals surface area (Å²) in [5.41, 5.74) is 0.905. The molecule has 1 aromatic rings. The average molecular weight is 200 g/mol. The van der Waals surface area contributed by atoms with Gasteiger partial charge in [0.15, 0.2) is 0 Å². The number of halogens is 2. The fourth-order valence-electron chi connectivity index (χ4n) is 1.70. The van der Waals surface area contributed by atoms with Crippen molar-refractivity contribution in [1.82, 2.24) is 0 Å². The molecule has 0 atom stereocenters. The summed E-state index contributed by atoms with van der Waals surface area (Å²) in [6.07, 6.45) is 2.38. The lowest BCUT2D eigenvalue weighted by atomic mass is 10.3. The van der Waals surface area contributed by atoms with Crippen molar-refractivity contribution in [2.24, 2.45) is 0 Å². The van der Waals surface area contributed by atoms with E-state index in [1.165, 1.54) is 25.0 Å². The second-order valence-corrected chi connectivity index (χ2v) is 3.76. The first-order valence-corrected chi connectivity index (χ1v) is 4.84. The molecule has 1 aliphatic heterocycles. The molecule has 0 N–H and O–H groups in total. The van der Waals surface area contributed by atoms with Crippen LogP contribution in [0.2, 0.25) is 5.02 Å². The molecule has 0 spiro atoms. The maximum Gasteiger partial charge on any atom is 0.126 e. The maximum absolute atomic E-state index is 13.0. The maximum atomic E-state index is 13.0. The van der Waals surface area contributed by atoms with Crippen LogP contribution in [0.1, 0.15) is 12.8 Å². The van der Waals surface area contributed by atoms with Gasteiger partial charge in [-0.15, -0.1) is 0 Å². The van der Waals surface area contributed by atoms with E-state index in [9.17, 15) is 4.39 Å². The molecule has 1 aliphatic rings. The highest BCUT2D eigenvalue weighted by molar-refractivity contribution is 6.30. The number of rotatable bonds is 1. The minimum atomic E-state index is -0.255. The van der Waals surface area contributed by atoms with Crippen molar-refractivity contribution >= 4 is 17.3 Å². The molecular formula is C10H11ClFN. The van der Waals surface area contributed by atoms with Gasteiger partial charge in [-0.05, 0) is 31.0 Å². The number of benzene rings is 1. The van der Waals surface area contributed by atoms with E-state index >= 15 is 0 Å². The average Bonchev–Trinajstić information content (AvgIpc) is 2.53. The van der Waals surface area contributed by atoms with E-state index < -0.39 is 0 Å². The lowest BCUT2D eigenvalue weighted by molar-refractivity contribution is 0.627. The highest BCUT2D eigenvalue weighted by Crippen LogP contribution is 2.24. The van der Waals surface area contributed by atoms with E-state index in [1.54, 1.807) is 0 Å². The smallest absolute Gasteiger partial charge is 0.126 e. The molecule has 0 aromatic heterocycles. The molecule has 2 rings (SSSR count). The van der Waals surface area contributed by atoms with Crippen LogP contribution in [-0.2, 0) is 0 Å². The van der Waals surface area contributed by atoms with Crippen LogP contribution >= 0.6 is 11.6 Å². The summed E-state index contributed by atoms with van der Waals surface area (Å²) >= 11 is 5.76. The van der Waals surface area contributed by atoms with Gasteiger partial charge in [0.25, 0.3) is 0 Å². The van der Waals surface area contributed by atoms with Gasteiger partial charge < -0.3 is 4.90 Å². The summed E-state index contributed by atoms with van der Waals surface area (Å²) in [7, 11) is 0. The van der Waals surface area contributed by atoms with Crippen LogP contribution in [0.3, 0.4) is 0 Å². The first-order valence-electron chi connectivity index (χ1n) is 4.47. The Morgan fingerprint density at radius 2 is 1.85 bits per heavy atom. The van der Waals surface area contributed by atoms with Crippen molar-refractivity contribution in [3.8, 4) is 0 Å². The summed E-state index contributed by atoms with van der Waals surface area (Å²) < 4.78 is 13.0. The third kappa shape index (κ3) is 1.94. The van der Waals surface area contributed by atoms with E-state index in [2.05, 4.69) is 4.90 Å². The van der Waals surface area contributed by atoms with E-state index in [0.29, 0.717) is 5.02 Å². The normalized spacial score (nSPS) is 16.6. The molecule has 1 fully saturated rings. The van der Waals surface area contributed by atoms with Crippen LogP contribution in [0.4, 0.5) is 10.1 Å². The quantitative estimate of drug-likeness (QED) is 0.672. The molecule has 0 amide bonds. The van der Waals surface area contributed by atoms with E-state index in [0.717, 1.165) is 18.8 Å². The topological polar surface area (TPSA) is 3.24 Å². The Kier molecular flexibility index (Phi) is 2.40. The number of hydrogen-bond acceptors (Lipinski definition) is 1. The van der Waals surface area contributed by atoms with Crippen LogP contribution < -0.4 is 4.90 Å². The zero-order valence-corrected chi connectivity index (χ0v) is 8.02. The lowest BCUT2D eigenvalue weighted by Crippen LogP contribution is -2.17. The monoisotopic (exact) mass is 199 g/mol.